The number of amides is 2. The van der Waals surface area contributed by atoms with Gasteiger partial charge < -0.3 is 0 Å². The van der Waals surface area contributed by atoms with E-state index >= 15 is 0 Å². The number of nitrogens with one attached hydrogen (secondary N) is 2. The molecule has 0 saturated heterocycles. The van der Waals surface area contributed by atoms with Gasteiger partial charge in [0.05, 0.1) is 5.39 Å². The molecule has 126 valence electrons. The van der Waals surface area contributed by atoms with Crippen molar-refractivity contribution in [2.45, 2.75) is 6.92 Å². The molecule has 1 heterocycles. The Morgan fingerprint density at radius 2 is 1.64 bits per heavy atom. The second-order valence-corrected chi connectivity index (χ2v) is 5.60. The van der Waals surface area contributed by atoms with Crippen molar-refractivity contribution in [2.75, 3.05) is 0 Å². The van der Waals surface area contributed by atoms with Gasteiger partial charge in [0, 0.05) is 18.0 Å². The van der Waals surface area contributed by atoms with E-state index in [0.717, 1.165) is 10.2 Å². The lowest BCUT2D eigenvalue weighted by Gasteiger charge is -2.10. The molecule has 0 fully saturated rings. The lowest BCUT2D eigenvalue weighted by molar-refractivity contribution is 0.0844. The average Bonchev–Trinajstić information content (AvgIpc) is 2.62. The highest BCUT2D eigenvalue weighted by atomic mass is 16.2. The van der Waals surface area contributed by atoms with Gasteiger partial charge in [-0.15, -0.1) is 0 Å². The fourth-order valence-electron chi connectivity index (χ4n) is 2.50. The lowest BCUT2D eigenvalue weighted by atomic mass is 10.1. The van der Waals surface area contributed by atoms with Crippen molar-refractivity contribution in [3.63, 3.8) is 0 Å². The molecule has 0 radical (unpaired) electrons. The van der Waals surface area contributed by atoms with E-state index in [1.54, 1.807) is 42.5 Å². The van der Waals surface area contributed by atoms with Gasteiger partial charge in [0.2, 0.25) is 0 Å². The number of hydrogen-bond donors (Lipinski definition) is 2. The Kier molecular flexibility index (Phi) is 4.30. The number of aryl methyl sites for hydroxylation is 2. The molecule has 2 amide bonds. The summed E-state index contributed by atoms with van der Waals surface area (Å²) >= 11 is 0. The maximum Gasteiger partial charge on any atom is 0.290 e. The Morgan fingerprint density at radius 3 is 2.36 bits per heavy atom. The largest absolute Gasteiger partial charge is 0.290 e. The number of benzene rings is 2. The number of aromatic nitrogens is 2. The second kappa shape index (κ2) is 6.56. The van der Waals surface area contributed by atoms with E-state index in [1.807, 2.05) is 13.0 Å². The number of rotatable bonds is 2. The highest BCUT2D eigenvalue weighted by Gasteiger charge is 2.16. The Morgan fingerprint density at radius 1 is 0.960 bits per heavy atom. The van der Waals surface area contributed by atoms with E-state index < -0.39 is 11.8 Å². The molecule has 3 rings (SSSR count). The molecule has 0 bridgehead atoms. The molecule has 25 heavy (non-hydrogen) atoms. The van der Waals surface area contributed by atoms with Crippen LogP contribution < -0.4 is 16.4 Å². The third-order valence-electron chi connectivity index (χ3n) is 3.74. The topological polar surface area (TPSA) is 93.1 Å². The third-order valence-corrected chi connectivity index (χ3v) is 3.74. The number of carbonyl (C=O) groups is 2. The van der Waals surface area contributed by atoms with Crippen LogP contribution in [0, 0.1) is 6.92 Å². The first-order valence-corrected chi connectivity index (χ1v) is 7.61. The number of fused-ring (bicyclic) bond motifs is 1. The Balaban J connectivity index is 1.85. The minimum absolute atomic E-state index is 0.0576. The summed E-state index contributed by atoms with van der Waals surface area (Å²) in [6.45, 7) is 1.87. The van der Waals surface area contributed by atoms with Gasteiger partial charge in [0.15, 0.2) is 5.69 Å². The fourth-order valence-corrected chi connectivity index (χ4v) is 2.50. The highest BCUT2D eigenvalue weighted by molar-refractivity contribution is 6.06. The van der Waals surface area contributed by atoms with E-state index in [1.165, 1.54) is 7.05 Å². The summed E-state index contributed by atoms with van der Waals surface area (Å²) in [6.07, 6.45) is 0. The molecule has 1 aromatic heterocycles. The van der Waals surface area contributed by atoms with Gasteiger partial charge in [-0.25, -0.2) is 4.68 Å². The van der Waals surface area contributed by atoms with E-state index in [4.69, 9.17) is 0 Å². The van der Waals surface area contributed by atoms with Gasteiger partial charge in [-0.1, -0.05) is 35.9 Å². The average molecular weight is 336 g/mol. The van der Waals surface area contributed by atoms with Crippen LogP contribution in [0.3, 0.4) is 0 Å². The van der Waals surface area contributed by atoms with Gasteiger partial charge in [0.25, 0.3) is 17.4 Å². The standard InChI is InChI=1S/C18H16N4O3/c1-11-6-5-7-12(10-11)16(23)19-20-17(24)15-13-8-3-4-9-14(13)18(25)22(2)21-15/h3-10H,1-2H3,(H,19,23)(H,20,24). The van der Waals surface area contributed by atoms with Crippen molar-refractivity contribution in [2.24, 2.45) is 7.05 Å². The van der Waals surface area contributed by atoms with Gasteiger partial charge in [-0.05, 0) is 25.1 Å². The summed E-state index contributed by atoms with van der Waals surface area (Å²) in [6, 6.07) is 13.7. The van der Waals surface area contributed by atoms with Crippen molar-refractivity contribution < 1.29 is 9.59 Å². The molecule has 0 aliphatic carbocycles. The Labute approximate surface area is 143 Å². The van der Waals surface area contributed by atoms with E-state index in [2.05, 4.69) is 16.0 Å². The first-order valence-electron chi connectivity index (χ1n) is 7.61. The predicted molar refractivity (Wildman–Crippen MR) is 93.1 cm³/mol. The zero-order valence-electron chi connectivity index (χ0n) is 13.7. The number of carbonyl (C=O) groups excluding carboxylic acids is 2. The molecule has 2 N–H and O–H groups in total. The molecule has 0 spiro atoms. The normalized spacial score (nSPS) is 10.5. The van der Waals surface area contributed by atoms with E-state index in [9.17, 15) is 14.4 Å². The fraction of sp³-hybridized carbons (Fsp3) is 0.111. The van der Waals surface area contributed by atoms with Gasteiger partial charge in [-0.3, -0.25) is 25.2 Å². The Bertz CT molecular complexity index is 1040. The summed E-state index contributed by atoms with van der Waals surface area (Å²) < 4.78 is 1.10. The van der Waals surface area contributed by atoms with Crippen LogP contribution in [0.5, 0.6) is 0 Å². The first kappa shape index (κ1) is 16.4. The SMILES string of the molecule is Cc1cccc(C(=O)NNC(=O)c2nn(C)c(=O)c3ccccc23)c1. The molecule has 0 atom stereocenters. The van der Waals surface area contributed by atoms with Gasteiger partial charge in [-0.2, -0.15) is 5.10 Å². The van der Waals surface area contributed by atoms with Crippen LogP contribution in [-0.4, -0.2) is 21.6 Å². The number of nitrogens with zero attached hydrogens (tertiary/aromatic N) is 2. The summed E-state index contributed by atoms with van der Waals surface area (Å²) in [5.41, 5.74) is 5.82. The maximum atomic E-state index is 12.4. The minimum atomic E-state index is -0.604. The minimum Gasteiger partial charge on any atom is -0.267 e. The summed E-state index contributed by atoms with van der Waals surface area (Å²) in [4.78, 5) is 36.6. The zero-order chi connectivity index (χ0) is 18.0. The van der Waals surface area contributed by atoms with Crippen molar-refractivity contribution in [1.29, 1.82) is 0 Å². The molecule has 7 heteroatoms. The van der Waals surface area contributed by atoms with Crippen molar-refractivity contribution in [1.82, 2.24) is 20.6 Å². The predicted octanol–water partition coefficient (Wildman–Crippen LogP) is 1.32. The maximum absolute atomic E-state index is 12.4. The monoisotopic (exact) mass is 336 g/mol. The van der Waals surface area contributed by atoms with Crippen molar-refractivity contribution >= 4 is 22.6 Å². The highest BCUT2D eigenvalue weighted by Crippen LogP contribution is 2.12. The van der Waals surface area contributed by atoms with E-state index in [-0.39, 0.29) is 11.3 Å². The second-order valence-electron chi connectivity index (χ2n) is 5.60. The number of hydrogen-bond acceptors (Lipinski definition) is 4. The van der Waals surface area contributed by atoms with Crippen LogP contribution in [0.25, 0.3) is 10.8 Å². The molecule has 0 unspecified atom stereocenters. The number of hydrazine groups is 1. The molecule has 0 saturated carbocycles. The van der Waals surface area contributed by atoms with E-state index in [0.29, 0.717) is 16.3 Å². The van der Waals surface area contributed by atoms with Crippen LogP contribution in [0.2, 0.25) is 0 Å². The van der Waals surface area contributed by atoms with Crippen molar-refractivity contribution in [3.05, 3.63) is 75.7 Å². The molecule has 3 aromatic rings. The van der Waals surface area contributed by atoms with Gasteiger partial charge >= 0.3 is 0 Å². The first-order chi connectivity index (χ1) is 12.0. The van der Waals surface area contributed by atoms with Crippen LogP contribution >= 0.6 is 0 Å². The summed E-state index contributed by atoms with van der Waals surface area (Å²) in [5, 5.41) is 4.81. The smallest absolute Gasteiger partial charge is 0.267 e. The van der Waals surface area contributed by atoms with Crippen molar-refractivity contribution in [3.8, 4) is 0 Å². The summed E-state index contributed by atoms with van der Waals surface area (Å²) in [5.74, 6) is -1.04. The molecular formula is C18H16N4O3. The molecule has 7 nitrogen and oxygen atoms in total. The third kappa shape index (κ3) is 3.25. The Hall–Kier alpha value is -3.48. The molecule has 0 aliphatic rings. The van der Waals surface area contributed by atoms with Crippen LogP contribution in [-0.2, 0) is 7.05 Å². The quantitative estimate of drug-likeness (QED) is 0.690. The van der Waals surface area contributed by atoms with Crippen LogP contribution in [0.1, 0.15) is 26.4 Å². The van der Waals surface area contributed by atoms with Gasteiger partial charge in [0.1, 0.15) is 0 Å². The van der Waals surface area contributed by atoms with Crippen LogP contribution in [0.4, 0.5) is 0 Å². The molecule has 0 aliphatic heterocycles. The zero-order valence-corrected chi connectivity index (χ0v) is 13.7. The lowest BCUT2D eigenvalue weighted by Crippen LogP contribution is -2.42. The summed E-state index contributed by atoms with van der Waals surface area (Å²) in [7, 11) is 1.47. The molecular weight excluding hydrogens is 320 g/mol. The van der Waals surface area contributed by atoms with Crippen LogP contribution in [0.15, 0.2) is 53.3 Å². The molecule has 2 aromatic carbocycles.